The standard InChI is InChI=1S/C21H26N4O/c1-23(2)14-13-22-21(26)18-9-10-19-11-12-20(25(19)16-18)24(3)15-17-7-5-4-6-8-17/h4-12,16H,13-15H2,1-3H3,(H,22,26). The molecule has 5 heteroatoms. The van der Waals surface area contributed by atoms with Crippen molar-refractivity contribution in [2.24, 2.45) is 0 Å². The van der Waals surface area contributed by atoms with Crippen LogP contribution in [0.1, 0.15) is 15.9 Å². The van der Waals surface area contributed by atoms with Gasteiger partial charge in [-0.3, -0.25) is 4.79 Å². The second-order valence-electron chi connectivity index (χ2n) is 6.81. The van der Waals surface area contributed by atoms with Crippen molar-refractivity contribution in [1.29, 1.82) is 0 Å². The maximum Gasteiger partial charge on any atom is 0.252 e. The van der Waals surface area contributed by atoms with Gasteiger partial charge in [-0.1, -0.05) is 30.3 Å². The SMILES string of the molecule is CN(C)CCNC(=O)c1ccc2ccc(N(C)Cc3ccccc3)n2c1. The molecule has 0 aliphatic carbocycles. The van der Waals surface area contributed by atoms with Crippen LogP contribution < -0.4 is 10.2 Å². The number of fused-ring (bicyclic) bond motifs is 1. The summed E-state index contributed by atoms with van der Waals surface area (Å²) in [4.78, 5) is 16.6. The van der Waals surface area contributed by atoms with Gasteiger partial charge in [-0.2, -0.15) is 0 Å². The van der Waals surface area contributed by atoms with Gasteiger partial charge in [-0.05, 0) is 43.9 Å². The van der Waals surface area contributed by atoms with Crippen molar-refractivity contribution in [2.75, 3.05) is 39.1 Å². The van der Waals surface area contributed by atoms with Gasteiger partial charge in [0.25, 0.3) is 5.91 Å². The third kappa shape index (κ3) is 4.24. The first-order chi connectivity index (χ1) is 12.5. The van der Waals surface area contributed by atoms with E-state index in [4.69, 9.17) is 0 Å². The molecule has 0 saturated carbocycles. The Labute approximate surface area is 154 Å². The van der Waals surface area contributed by atoms with Crippen molar-refractivity contribution in [3.05, 3.63) is 71.9 Å². The fraction of sp³-hybridized carbons (Fsp3) is 0.286. The molecule has 0 unspecified atom stereocenters. The van der Waals surface area contributed by atoms with E-state index in [0.717, 1.165) is 24.4 Å². The number of carbonyl (C=O) groups excluding carboxylic acids is 1. The molecule has 0 aliphatic heterocycles. The van der Waals surface area contributed by atoms with E-state index in [1.807, 2.05) is 43.4 Å². The van der Waals surface area contributed by atoms with E-state index in [9.17, 15) is 4.79 Å². The number of aromatic nitrogens is 1. The highest BCUT2D eigenvalue weighted by molar-refractivity contribution is 5.94. The van der Waals surface area contributed by atoms with Crippen molar-refractivity contribution in [3.8, 4) is 0 Å². The molecule has 0 radical (unpaired) electrons. The first kappa shape index (κ1) is 18.0. The third-order valence-corrected chi connectivity index (χ3v) is 4.39. The van der Waals surface area contributed by atoms with Crippen molar-refractivity contribution >= 4 is 17.2 Å². The van der Waals surface area contributed by atoms with Crippen molar-refractivity contribution in [3.63, 3.8) is 0 Å². The molecule has 0 saturated heterocycles. The van der Waals surface area contributed by atoms with Gasteiger partial charge in [-0.25, -0.2) is 0 Å². The van der Waals surface area contributed by atoms with E-state index in [2.05, 4.69) is 58.1 Å². The molecule has 26 heavy (non-hydrogen) atoms. The summed E-state index contributed by atoms with van der Waals surface area (Å²) in [5.74, 6) is 1.02. The summed E-state index contributed by atoms with van der Waals surface area (Å²) in [6, 6.07) is 18.4. The average molecular weight is 350 g/mol. The van der Waals surface area contributed by atoms with Crippen molar-refractivity contribution in [2.45, 2.75) is 6.54 Å². The van der Waals surface area contributed by atoms with E-state index in [-0.39, 0.29) is 5.91 Å². The Balaban J connectivity index is 1.78. The molecule has 2 aromatic heterocycles. The fourth-order valence-corrected chi connectivity index (χ4v) is 2.97. The lowest BCUT2D eigenvalue weighted by atomic mass is 10.2. The lowest BCUT2D eigenvalue weighted by Crippen LogP contribution is -2.31. The number of nitrogens with one attached hydrogen (secondary N) is 1. The number of likely N-dealkylation sites (N-methyl/N-ethyl adjacent to an activating group) is 1. The number of rotatable bonds is 7. The lowest BCUT2D eigenvalue weighted by molar-refractivity contribution is 0.0950. The monoisotopic (exact) mass is 350 g/mol. The van der Waals surface area contributed by atoms with Crippen LogP contribution in [-0.4, -0.2) is 49.4 Å². The zero-order valence-corrected chi connectivity index (χ0v) is 15.6. The number of hydrogen-bond acceptors (Lipinski definition) is 3. The Hall–Kier alpha value is -2.79. The third-order valence-electron chi connectivity index (χ3n) is 4.39. The molecular weight excluding hydrogens is 324 g/mol. The van der Waals surface area contributed by atoms with Gasteiger partial charge in [0.2, 0.25) is 0 Å². The number of pyridine rings is 1. The van der Waals surface area contributed by atoms with E-state index in [0.29, 0.717) is 12.1 Å². The van der Waals surface area contributed by atoms with E-state index in [1.165, 1.54) is 5.56 Å². The van der Waals surface area contributed by atoms with Crippen molar-refractivity contribution < 1.29 is 4.79 Å². The Bertz CT molecular complexity index is 870. The number of nitrogens with zero attached hydrogens (tertiary/aromatic N) is 3. The summed E-state index contributed by atoms with van der Waals surface area (Å²) in [6.45, 7) is 2.27. The summed E-state index contributed by atoms with van der Waals surface area (Å²) >= 11 is 0. The molecule has 136 valence electrons. The average Bonchev–Trinajstić information content (AvgIpc) is 3.05. The molecule has 0 fully saturated rings. The van der Waals surface area contributed by atoms with Crippen LogP contribution in [-0.2, 0) is 6.54 Å². The molecule has 0 spiro atoms. The van der Waals surface area contributed by atoms with Crippen LogP contribution in [0, 0.1) is 0 Å². The van der Waals surface area contributed by atoms with Gasteiger partial charge >= 0.3 is 0 Å². The molecule has 0 aliphatic rings. The molecule has 0 atom stereocenters. The van der Waals surface area contributed by atoms with Crippen LogP contribution in [0.15, 0.2) is 60.8 Å². The number of anilines is 1. The molecular formula is C21H26N4O. The maximum absolute atomic E-state index is 12.4. The molecule has 1 amide bonds. The number of amides is 1. The van der Waals surface area contributed by atoms with Gasteiger partial charge in [0.1, 0.15) is 5.82 Å². The predicted molar refractivity (Wildman–Crippen MR) is 107 cm³/mol. The molecule has 1 aromatic carbocycles. The van der Waals surface area contributed by atoms with Crippen LogP contribution in [0.25, 0.3) is 5.52 Å². The van der Waals surface area contributed by atoms with Crippen LogP contribution in [0.4, 0.5) is 5.82 Å². The minimum Gasteiger partial charge on any atom is -0.356 e. The van der Waals surface area contributed by atoms with Gasteiger partial charge < -0.3 is 19.5 Å². The second-order valence-corrected chi connectivity index (χ2v) is 6.81. The van der Waals surface area contributed by atoms with Crippen LogP contribution in [0.3, 0.4) is 0 Å². The van der Waals surface area contributed by atoms with Gasteiger partial charge in [0, 0.05) is 38.4 Å². The Kier molecular flexibility index (Phi) is 5.58. The topological polar surface area (TPSA) is 40.0 Å². The quantitative estimate of drug-likeness (QED) is 0.712. The molecule has 1 N–H and O–H groups in total. The summed E-state index contributed by atoms with van der Waals surface area (Å²) in [6.07, 6.45) is 1.91. The molecule has 5 nitrogen and oxygen atoms in total. The highest BCUT2D eigenvalue weighted by atomic mass is 16.1. The van der Waals surface area contributed by atoms with Gasteiger partial charge in [0.15, 0.2) is 0 Å². The van der Waals surface area contributed by atoms with Crippen molar-refractivity contribution in [1.82, 2.24) is 14.6 Å². The normalized spacial score (nSPS) is 11.1. The second kappa shape index (κ2) is 8.06. The van der Waals surface area contributed by atoms with Crippen LogP contribution in [0.2, 0.25) is 0 Å². The van der Waals surface area contributed by atoms with E-state index in [1.54, 1.807) is 0 Å². The predicted octanol–water partition coefficient (Wildman–Crippen LogP) is 2.87. The molecule has 2 heterocycles. The fourth-order valence-electron chi connectivity index (χ4n) is 2.97. The minimum absolute atomic E-state index is 0.0425. The Morgan fingerprint density at radius 3 is 2.46 bits per heavy atom. The lowest BCUT2D eigenvalue weighted by Gasteiger charge is -2.19. The first-order valence-electron chi connectivity index (χ1n) is 8.84. The van der Waals surface area contributed by atoms with Crippen LogP contribution in [0.5, 0.6) is 0 Å². The zero-order valence-electron chi connectivity index (χ0n) is 15.6. The number of carbonyl (C=O) groups is 1. The minimum atomic E-state index is -0.0425. The highest BCUT2D eigenvalue weighted by Crippen LogP contribution is 2.21. The summed E-state index contributed by atoms with van der Waals surface area (Å²) in [7, 11) is 6.05. The highest BCUT2D eigenvalue weighted by Gasteiger charge is 2.11. The van der Waals surface area contributed by atoms with Crippen LogP contribution >= 0.6 is 0 Å². The zero-order chi connectivity index (χ0) is 18.5. The summed E-state index contributed by atoms with van der Waals surface area (Å²) in [5, 5.41) is 2.97. The number of benzene rings is 1. The van der Waals surface area contributed by atoms with E-state index < -0.39 is 0 Å². The summed E-state index contributed by atoms with van der Waals surface area (Å²) < 4.78 is 2.07. The smallest absolute Gasteiger partial charge is 0.252 e. The Morgan fingerprint density at radius 2 is 1.73 bits per heavy atom. The summed E-state index contributed by atoms with van der Waals surface area (Å²) in [5.41, 5.74) is 2.99. The molecule has 3 aromatic rings. The molecule has 0 bridgehead atoms. The first-order valence-corrected chi connectivity index (χ1v) is 8.84. The van der Waals surface area contributed by atoms with E-state index >= 15 is 0 Å². The Morgan fingerprint density at radius 1 is 1.00 bits per heavy atom. The van der Waals surface area contributed by atoms with Gasteiger partial charge in [-0.15, -0.1) is 0 Å². The molecule has 3 rings (SSSR count). The van der Waals surface area contributed by atoms with Gasteiger partial charge in [0.05, 0.1) is 5.56 Å². The maximum atomic E-state index is 12.4. The number of hydrogen-bond donors (Lipinski definition) is 1. The largest absolute Gasteiger partial charge is 0.356 e.